The predicted molar refractivity (Wildman–Crippen MR) is 138 cm³/mol. The molecule has 3 heterocycles. The highest BCUT2D eigenvalue weighted by atomic mass is 35.5. The number of aromatic nitrogens is 2. The van der Waals surface area contributed by atoms with Gasteiger partial charge in [-0.25, -0.2) is 4.39 Å². The van der Waals surface area contributed by atoms with Gasteiger partial charge in [0.2, 0.25) is 5.52 Å². The van der Waals surface area contributed by atoms with Crippen molar-refractivity contribution in [3.05, 3.63) is 82.9 Å². The number of thioether (sulfide) groups is 1. The summed E-state index contributed by atoms with van der Waals surface area (Å²) in [5, 5.41) is 2.70. The zero-order valence-corrected chi connectivity index (χ0v) is 21.3. The van der Waals surface area contributed by atoms with Crippen molar-refractivity contribution in [3.8, 4) is 0 Å². The van der Waals surface area contributed by atoms with Gasteiger partial charge in [-0.2, -0.15) is 4.57 Å². The molecule has 0 aliphatic carbocycles. The van der Waals surface area contributed by atoms with Crippen molar-refractivity contribution in [2.75, 3.05) is 11.9 Å². The van der Waals surface area contributed by atoms with Gasteiger partial charge in [-0.15, -0.1) is 11.3 Å². The maximum Gasteiger partial charge on any atom is 0.269 e. The molecule has 4 aromatic rings. The molecule has 0 bridgehead atoms. The van der Waals surface area contributed by atoms with Gasteiger partial charge < -0.3 is 4.90 Å². The summed E-state index contributed by atoms with van der Waals surface area (Å²) in [5.74, 6) is -0.256. The highest BCUT2D eigenvalue weighted by Gasteiger charge is 2.21. The first-order valence-corrected chi connectivity index (χ1v) is 13.1. The molecule has 0 atom stereocenters. The van der Waals surface area contributed by atoms with Gasteiger partial charge in [0.1, 0.15) is 22.2 Å². The normalized spacial score (nSPS) is 15.9. The summed E-state index contributed by atoms with van der Waals surface area (Å²) in [6.07, 6.45) is 5.89. The molecule has 5 rings (SSSR count). The van der Waals surface area contributed by atoms with Crippen molar-refractivity contribution in [2.24, 2.45) is 7.05 Å². The van der Waals surface area contributed by atoms with Crippen molar-refractivity contribution in [1.29, 1.82) is 0 Å². The molecule has 2 aromatic carbocycles. The van der Waals surface area contributed by atoms with Crippen LogP contribution in [-0.4, -0.2) is 11.6 Å². The number of fused-ring (bicyclic) bond motifs is 2. The minimum atomic E-state index is -0.256. The van der Waals surface area contributed by atoms with E-state index in [1.165, 1.54) is 23.5 Å². The molecule has 0 radical (unpaired) electrons. The molecule has 1 aliphatic heterocycles. The average Bonchev–Trinajstić information content (AvgIpc) is 3.38. The van der Waals surface area contributed by atoms with Crippen LogP contribution < -0.4 is 24.2 Å². The number of allylic oxidation sites excluding steroid dienone is 1. The molecular formula is C24H20ClFN3OS3+. The van der Waals surface area contributed by atoms with Crippen molar-refractivity contribution in [2.45, 2.75) is 18.4 Å². The number of nitrogens with zero attached hydrogens (tertiary/aromatic N) is 3. The zero-order chi connectivity index (χ0) is 23.3. The molecule has 0 spiro atoms. The topological polar surface area (TPSA) is 29.1 Å². The fourth-order valence-corrected chi connectivity index (χ4v) is 7.15. The van der Waals surface area contributed by atoms with E-state index in [4.69, 9.17) is 11.6 Å². The molecule has 0 fully saturated rings. The molecule has 0 saturated heterocycles. The molecule has 0 saturated carbocycles. The maximum absolute atomic E-state index is 13.7. The second kappa shape index (κ2) is 8.76. The quantitative estimate of drug-likeness (QED) is 0.377. The first-order valence-electron chi connectivity index (χ1n) is 10.3. The van der Waals surface area contributed by atoms with E-state index >= 15 is 0 Å². The number of benzene rings is 2. The molecule has 2 aromatic heterocycles. The lowest BCUT2D eigenvalue weighted by Gasteiger charge is -2.12. The van der Waals surface area contributed by atoms with Crippen LogP contribution >= 0.6 is 46.0 Å². The van der Waals surface area contributed by atoms with Crippen LogP contribution in [0, 0.1) is 5.82 Å². The Bertz CT molecular complexity index is 1620. The number of halogens is 2. The predicted octanol–water partition coefficient (Wildman–Crippen LogP) is 4.45. The van der Waals surface area contributed by atoms with Crippen LogP contribution in [0.4, 0.5) is 10.1 Å². The van der Waals surface area contributed by atoms with E-state index in [0.29, 0.717) is 16.1 Å². The number of hydrogen-bond donors (Lipinski definition) is 0. The first-order chi connectivity index (χ1) is 15.9. The third-order valence-corrected chi connectivity index (χ3v) is 9.20. The summed E-state index contributed by atoms with van der Waals surface area (Å²) in [7, 11) is 3.91. The van der Waals surface area contributed by atoms with Crippen LogP contribution in [0.15, 0.2) is 57.2 Å². The molecule has 0 N–H and O–H groups in total. The van der Waals surface area contributed by atoms with E-state index < -0.39 is 0 Å². The third kappa shape index (κ3) is 4.05. The van der Waals surface area contributed by atoms with E-state index in [1.54, 1.807) is 33.7 Å². The summed E-state index contributed by atoms with van der Waals surface area (Å²) in [6.45, 7) is 2.54. The Kier molecular flexibility index (Phi) is 5.95. The maximum atomic E-state index is 13.7. The van der Waals surface area contributed by atoms with Crippen molar-refractivity contribution < 1.29 is 8.96 Å². The molecule has 168 valence electrons. The van der Waals surface area contributed by atoms with Crippen molar-refractivity contribution in [1.82, 2.24) is 4.57 Å². The van der Waals surface area contributed by atoms with Gasteiger partial charge in [0.05, 0.1) is 21.3 Å². The van der Waals surface area contributed by atoms with E-state index in [0.717, 1.165) is 35.5 Å². The van der Waals surface area contributed by atoms with E-state index in [2.05, 4.69) is 4.90 Å². The summed E-state index contributed by atoms with van der Waals surface area (Å²) >= 11 is 10.8. The summed E-state index contributed by atoms with van der Waals surface area (Å²) in [6, 6.07) is 10.7. The Hall–Kier alpha value is -2.39. The minimum Gasteiger partial charge on any atom is -0.338 e. The third-order valence-electron chi connectivity index (χ3n) is 5.53. The van der Waals surface area contributed by atoms with E-state index in [-0.39, 0.29) is 11.4 Å². The van der Waals surface area contributed by atoms with Gasteiger partial charge in [0.15, 0.2) is 0 Å². The fourth-order valence-electron chi connectivity index (χ4n) is 3.76. The van der Waals surface area contributed by atoms with E-state index in [9.17, 15) is 9.18 Å². The molecule has 4 nitrogen and oxygen atoms in total. The second-order valence-corrected chi connectivity index (χ2v) is 11.2. The lowest BCUT2D eigenvalue weighted by molar-refractivity contribution is -0.642. The Morgan fingerprint density at radius 3 is 2.76 bits per heavy atom. The lowest BCUT2D eigenvalue weighted by Crippen LogP contribution is -2.32. The van der Waals surface area contributed by atoms with Crippen LogP contribution in [0.5, 0.6) is 0 Å². The van der Waals surface area contributed by atoms with Gasteiger partial charge in [0, 0.05) is 29.6 Å². The lowest BCUT2D eigenvalue weighted by atomic mass is 10.3. The molecule has 9 heteroatoms. The molecule has 33 heavy (non-hydrogen) atoms. The van der Waals surface area contributed by atoms with Gasteiger partial charge >= 0.3 is 0 Å². The van der Waals surface area contributed by atoms with E-state index in [1.807, 2.05) is 62.0 Å². The standard InChI is InChI=1S/C24H20ClFN3OS3/c1-4-29-23(13-22-28(3)17-12-15(26)6-8-19(17)32-22)33-20(24(29)30)9-10-21-27(2)16-11-14(25)5-7-18(16)31-21/h5-13H,4H2,1-3H3/q+1. The summed E-state index contributed by atoms with van der Waals surface area (Å²) < 4.78 is 20.0. The highest BCUT2D eigenvalue weighted by molar-refractivity contribution is 8.03. The van der Waals surface area contributed by atoms with Gasteiger partial charge in [-0.05, 0) is 49.4 Å². The Morgan fingerprint density at radius 1 is 1.15 bits per heavy atom. The average molecular weight is 517 g/mol. The summed E-state index contributed by atoms with van der Waals surface area (Å²) in [5.41, 5.74) is 1.89. The van der Waals surface area contributed by atoms with Crippen LogP contribution in [0.2, 0.25) is 5.02 Å². The summed E-state index contributed by atoms with van der Waals surface area (Å²) in [4.78, 5) is 16.3. The Morgan fingerprint density at radius 2 is 1.97 bits per heavy atom. The monoisotopic (exact) mass is 516 g/mol. The van der Waals surface area contributed by atoms with Crippen molar-refractivity contribution >= 4 is 74.1 Å². The van der Waals surface area contributed by atoms with Crippen LogP contribution in [0.1, 0.15) is 11.9 Å². The number of thiazole rings is 2. The zero-order valence-electron chi connectivity index (χ0n) is 18.1. The fraction of sp³-hybridized carbons (Fsp3) is 0.167. The Labute approximate surface area is 207 Å². The first kappa shape index (κ1) is 22.4. The number of hydrogen-bond acceptors (Lipinski definition) is 5. The number of aryl methyl sites for hydroxylation is 1. The smallest absolute Gasteiger partial charge is 0.269 e. The number of anilines is 1. The molecule has 0 amide bonds. The van der Waals surface area contributed by atoms with Crippen molar-refractivity contribution in [3.63, 3.8) is 0 Å². The SMILES string of the molecule is CCn1c(=Cc2sc3ccc(F)cc3[n+]2C)sc(=CC=C2Sc3ccc(Cl)cc3N2C)c1=O. The minimum absolute atomic E-state index is 0.00776. The Balaban J connectivity index is 1.58. The van der Waals surface area contributed by atoms with Crippen LogP contribution in [0.3, 0.4) is 0 Å². The van der Waals surface area contributed by atoms with Gasteiger partial charge in [-0.3, -0.25) is 9.36 Å². The van der Waals surface area contributed by atoms with Gasteiger partial charge in [0.25, 0.3) is 10.6 Å². The second-order valence-electron chi connectivity index (χ2n) is 7.55. The van der Waals surface area contributed by atoms with Crippen LogP contribution in [0.25, 0.3) is 22.4 Å². The molecule has 1 aliphatic rings. The molecule has 0 unspecified atom stereocenters. The highest BCUT2D eigenvalue weighted by Crippen LogP contribution is 2.45. The molecular weight excluding hydrogens is 497 g/mol. The van der Waals surface area contributed by atoms with Crippen LogP contribution in [-0.2, 0) is 13.6 Å². The van der Waals surface area contributed by atoms with Gasteiger partial charge in [-0.1, -0.05) is 34.7 Å². The largest absolute Gasteiger partial charge is 0.338 e. The number of rotatable bonds is 3.